The summed E-state index contributed by atoms with van der Waals surface area (Å²) in [6.45, 7) is 4.62. The number of fused-ring (bicyclic) bond motifs is 3. The molecule has 3 rings (SSSR count). The molecule has 0 aliphatic heterocycles. The van der Waals surface area contributed by atoms with Gasteiger partial charge in [0.1, 0.15) is 17.0 Å². The molecule has 0 fully saturated rings. The summed E-state index contributed by atoms with van der Waals surface area (Å²) < 4.78 is 0.989. The second-order valence-corrected chi connectivity index (χ2v) is 5.39. The maximum Gasteiger partial charge on any atom is 0.147 e. The number of nitrogens with zero attached hydrogens (tertiary/aromatic N) is 3. The fourth-order valence-electron chi connectivity index (χ4n) is 1.99. The second kappa shape index (κ2) is 4.71. The SMILES string of the molecule is Cc1cc2c(nc1C)sc1c(NCCO)ncnc12. The molecule has 0 atom stereocenters. The molecule has 0 saturated heterocycles. The molecule has 3 heterocycles. The highest BCUT2D eigenvalue weighted by Gasteiger charge is 2.12. The van der Waals surface area contributed by atoms with Crippen molar-refractivity contribution in [1.29, 1.82) is 0 Å². The molecule has 3 aromatic rings. The Balaban J connectivity index is 2.27. The number of pyridine rings is 1. The van der Waals surface area contributed by atoms with Crippen molar-refractivity contribution in [3.8, 4) is 0 Å². The smallest absolute Gasteiger partial charge is 0.147 e. The van der Waals surface area contributed by atoms with E-state index in [0.717, 1.165) is 37.5 Å². The zero-order valence-corrected chi connectivity index (χ0v) is 11.6. The van der Waals surface area contributed by atoms with Gasteiger partial charge < -0.3 is 10.4 Å². The van der Waals surface area contributed by atoms with Gasteiger partial charge in [0.25, 0.3) is 0 Å². The molecule has 6 heteroatoms. The monoisotopic (exact) mass is 274 g/mol. The Morgan fingerprint density at radius 2 is 2.16 bits per heavy atom. The molecule has 0 bridgehead atoms. The maximum atomic E-state index is 8.90. The van der Waals surface area contributed by atoms with Gasteiger partial charge in [-0.15, -0.1) is 11.3 Å². The van der Waals surface area contributed by atoms with Gasteiger partial charge >= 0.3 is 0 Å². The number of hydrogen-bond donors (Lipinski definition) is 2. The van der Waals surface area contributed by atoms with E-state index in [1.165, 1.54) is 0 Å². The zero-order valence-electron chi connectivity index (χ0n) is 10.8. The first-order valence-electron chi connectivity index (χ1n) is 6.07. The number of aromatic nitrogens is 3. The fourth-order valence-corrected chi connectivity index (χ4v) is 3.11. The van der Waals surface area contributed by atoms with Gasteiger partial charge in [0, 0.05) is 17.6 Å². The zero-order chi connectivity index (χ0) is 13.4. The largest absolute Gasteiger partial charge is 0.395 e. The van der Waals surface area contributed by atoms with Crippen molar-refractivity contribution in [1.82, 2.24) is 15.0 Å². The lowest BCUT2D eigenvalue weighted by Gasteiger charge is -2.03. The Bertz CT molecular complexity index is 753. The van der Waals surface area contributed by atoms with Crippen LogP contribution in [0.15, 0.2) is 12.4 Å². The summed E-state index contributed by atoms with van der Waals surface area (Å²) in [6, 6.07) is 2.12. The third-order valence-electron chi connectivity index (χ3n) is 3.09. The van der Waals surface area contributed by atoms with E-state index >= 15 is 0 Å². The summed E-state index contributed by atoms with van der Waals surface area (Å²) in [5.74, 6) is 0.761. The lowest BCUT2D eigenvalue weighted by Crippen LogP contribution is -2.06. The van der Waals surface area contributed by atoms with Crippen LogP contribution in [0.5, 0.6) is 0 Å². The van der Waals surface area contributed by atoms with Crippen LogP contribution in [0.2, 0.25) is 0 Å². The molecule has 98 valence electrons. The predicted octanol–water partition coefficient (Wildman–Crippen LogP) is 2.26. The predicted molar refractivity (Wildman–Crippen MR) is 77.8 cm³/mol. The van der Waals surface area contributed by atoms with E-state index in [2.05, 4.69) is 33.3 Å². The van der Waals surface area contributed by atoms with Gasteiger partial charge in [-0.05, 0) is 25.5 Å². The van der Waals surface area contributed by atoms with E-state index in [4.69, 9.17) is 5.11 Å². The molecular weight excluding hydrogens is 260 g/mol. The summed E-state index contributed by atoms with van der Waals surface area (Å²) in [5.41, 5.74) is 3.12. The van der Waals surface area contributed by atoms with Crippen LogP contribution < -0.4 is 5.32 Å². The first-order chi connectivity index (χ1) is 9.20. The lowest BCUT2D eigenvalue weighted by molar-refractivity contribution is 0.311. The number of rotatable bonds is 3. The summed E-state index contributed by atoms with van der Waals surface area (Å²) in [4.78, 5) is 14.2. The number of hydrogen-bond acceptors (Lipinski definition) is 6. The number of anilines is 1. The third kappa shape index (κ3) is 2.02. The summed E-state index contributed by atoms with van der Waals surface area (Å²) in [7, 11) is 0. The van der Waals surface area contributed by atoms with Crippen LogP contribution in [0.4, 0.5) is 5.82 Å². The van der Waals surface area contributed by atoms with Crippen LogP contribution >= 0.6 is 11.3 Å². The number of nitrogens with one attached hydrogen (secondary N) is 1. The molecule has 19 heavy (non-hydrogen) atoms. The van der Waals surface area contributed by atoms with Gasteiger partial charge in [-0.1, -0.05) is 0 Å². The molecule has 0 amide bonds. The molecule has 0 radical (unpaired) electrons. The normalized spacial score (nSPS) is 11.3. The molecule has 3 aromatic heterocycles. The average molecular weight is 274 g/mol. The van der Waals surface area contributed by atoms with Gasteiger partial charge in [0.05, 0.1) is 16.8 Å². The Hall–Kier alpha value is -1.79. The molecule has 5 nitrogen and oxygen atoms in total. The highest BCUT2D eigenvalue weighted by molar-refractivity contribution is 7.25. The highest BCUT2D eigenvalue weighted by atomic mass is 32.1. The highest BCUT2D eigenvalue weighted by Crippen LogP contribution is 2.35. The van der Waals surface area contributed by atoms with Crippen LogP contribution in [0.1, 0.15) is 11.3 Å². The Kier molecular flexibility index (Phi) is 3.04. The minimum atomic E-state index is 0.0762. The second-order valence-electron chi connectivity index (χ2n) is 4.40. The third-order valence-corrected chi connectivity index (χ3v) is 4.19. The molecule has 0 saturated carbocycles. The molecule has 0 aliphatic rings. The number of aryl methyl sites for hydroxylation is 2. The van der Waals surface area contributed by atoms with Crippen LogP contribution in [0.3, 0.4) is 0 Å². The molecule has 0 aromatic carbocycles. The fraction of sp³-hybridized carbons (Fsp3) is 0.308. The van der Waals surface area contributed by atoms with Crippen LogP contribution in [0, 0.1) is 13.8 Å². The van der Waals surface area contributed by atoms with E-state index in [1.54, 1.807) is 17.7 Å². The average Bonchev–Trinajstić information content (AvgIpc) is 2.75. The van der Waals surface area contributed by atoms with Crippen LogP contribution in [-0.4, -0.2) is 33.2 Å². The van der Waals surface area contributed by atoms with E-state index in [9.17, 15) is 0 Å². The van der Waals surface area contributed by atoms with E-state index in [-0.39, 0.29) is 6.61 Å². The van der Waals surface area contributed by atoms with Gasteiger partial charge in [-0.25, -0.2) is 15.0 Å². The summed E-state index contributed by atoms with van der Waals surface area (Å²) in [5, 5.41) is 13.1. The van der Waals surface area contributed by atoms with E-state index < -0.39 is 0 Å². The van der Waals surface area contributed by atoms with Crippen molar-refractivity contribution < 1.29 is 5.11 Å². The summed E-state index contributed by atoms with van der Waals surface area (Å²) >= 11 is 1.58. The maximum absolute atomic E-state index is 8.90. The Morgan fingerprint density at radius 3 is 2.95 bits per heavy atom. The van der Waals surface area contributed by atoms with Crippen molar-refractivity contribution >= 4 is 37.6 Å². The van der Waals surface area contributed by atoms with Crippen LogP contribution in [-0.2, 0) is 0 Å². The van der Waals surface area contributed by atoms with Crippen molar-refractivity contribution in [3.63, 3.8) is 0 Å². The van der Waals surface area contributed by atoms with Crippen molar-refractivity contribution in [2.45, 2.75) is 13.8 Å². The first-order valence-corrected chi connectivity index (χ1v) is 6.88. The Morgan fingerprint density at radius 1 is 1.32 bits per heavy atom. The molecule has 0 spiro atoms. The van der Waals surface area contributed by atoms with Crippen molar-refractivity contribution in [2.75, 3.05) is 18.5 Å². The van der Waals surface area contributed by atoms with Gasteiger partial charge in [0.15, 0.2) is 0 Å². The van der Waals surface area contributed by atoms with Crippen LogP contribution in [0.25, 0.3) is 20.4 Å². The standard InChI is InChI=1S/C13H14N4OS/c1-7-5-9-10-11(19-13(9)17-8(7)2)12(14-3-4-18)16-6-15-10/h5-6,18H,3-4H2,1-2H3,(H,14,15,16). The lowest BCUT2D eigenvalue weighted by atomic mass is 10.2. The number of aliphatic hydroxyl groups is 1. The van der Waals surface area contributed by atoms with Crippen molar-refractivity contribution in [2.24, 2.45) is 0 Å². The molecule has 0 unspecified atom stereocenters. The summed E-state index contributed by atoms with van der Waals surface area (Å²) in [6.07, 6.45) is 1.55. The number of thiophene rings is 1. The van der Waals surface area contributed by atoms with E-state index in [1.807, 2.05) is 6.92 Å². The molecule has 2 N–H and O–H groups in total. The number of aliphatic hydroxyl groups excluding tert-OH is 1. The topological polar surface area (TPSA) is 70.9 Å². The minimum absolute atomic E-state index is 0.0762. The molecular formula is C13H14N4OS. The van der Waals surface area contributed by atoms with Gasteiger partial charge in [0.2, 0.25) is 0 Å². The first kappa shape index (κ1) is 12.3. The van der Waals surface area contributed by atoms with E-state index in [0.29, 0.717) is 6.54 Å². The van der Waals surface area contributed by atoms with Crippen molar-refractivity contribution in [3.05, 3.63) is 23.7 Å². The van der Waals surface area contributed by atoms with Gasteiger partial charge in [-0.2, -0.15) is 0 Å². The minimum Gasteiger partial charge on any atom is -0.395 e. The quantitative estimate of drug-likeness (QED) is 0.766. The molecule has 0 aliphatic carbocycles. The Labute approximate surface area is 114 Å². The van der Waals surface area contributed by atoms with Gasteiger partial charge in [-0.3, -0.25) is 0 Å².